The number of likely N-dealkylation sites (tertiary alicyclic amines) is 1. The highest BCUT2D eigenvalue weighted by atomic mass is 16.6. The summed E-state index contributed by atoms with van der Waals surface area (Å²) in [6, 6.07) is 11.7. The number of carbonyl (C=O) groups is 2. The van der Waals surface area contributed by atoms with Crippen molar-refractivity contribution in [3.8, 4) is 11.5 Å². The summed E-state index contributed by atoms with van der Waals surface area (Å²) < 4.78 is 16.4. The van der Waals surface area contributed by atoms with E-state index in [1.807, 2.05) is 19.1 Å². The lowest BCUT2D eigenvalue weighted by atomic mass is 9.94. The second-order valence-electron chi connectivity index (χ2n) is 7.25. The molecular formula is C23H23NO6. The number of hydrogen-bond donors (Lipinski definition) is 1. The van der Waals surface area contributed by atoms with Gasteiger partial charge in [-0.2, -0.15) is 0 Å². The molecule has 1 amide bonds. The smallest absolute Gasteiger partial charge is 0.295 e. The molecule has 2 aromatic rings. The van der Waals surface area contributed by atoms with Crippen molar-refractivity contribution in [2.24, 2.45) is 0 Å². The van der Waals surface area contributed by atoms with E-state index in [2.05, 4.69) is 0 Å². The number of fused-ring (bicyclic) bond motifs is 1. The fourth-order valence-electron chi connectivity index (χ4n) is 3.74. The van der Waals surface area contributed by atoms with Gasteiger partial charge in [0.05, 0.1) is 18.2 Å². The number of aryl methyl sites for hydroxylation is 1. The summed E-state index contributed by atoms with van der Waals surface area (Å²) in [5, 5.41) is 11.0. The molecule has 0 spiro atoms. The number of amides is 1. The number of ketones is 1. The largest absolute Gasteiger partial charge is 0.507 e. The van der Waals surface area contributed by atoms with Crippen molar-refractivity contribution >= 4 is 17.4 Å². The lowest BCUT2D eigenvalue weighted by molar-refractivity contribution is -0.140. The van der Waals surface area contributed by atoms with E-state index in [-0.39, 0.29) is 24.5 Å². The van der Waals surface area contributed by atoms with Crippen molar-refractivity contribution in [2.75, 3.05) is 33.5 Å². The molecule has 1 unspecified atom stereocenters. The van der Waals surface area contributed by atoms with Crippen LogP contribution in [0, 0.1) is 6.92 Å². The van der Waals surface area contributed by atoms with Crippen molar-refractivity contribution in [3.63, 3.8) is 0 Å². The van der Waals surface area contributed by atoms with Crippen LogP contribution in [0.5, 0.6) is 11.5 Å². The molecule has 2 aliphatic rings. The van der Waals surface area contributed by atoms with Crippen LogP contribution in [0.2, 0.25) is 0 Å². The predicted molar refractivity (Wildman–Crippen MR) is 109 cm³/mol. The number of hydrogen-bond acceptors (Lipinski definition) is 6. The molecule has 1 N–H and O–H groups in total. The Morgan fingerprint density at radius 2 is 1.80 bits per heavy atom. The number of Topliss-reactive ketones (excluding diaryl/α,β-unsaturated/α-hetero) is 1. The molecule has 0 aliphatic carbocycles. The molecule has 0 saturated carbocycles. The summed E-state index contributed by atoms with van der Waals surface area (Å²) in [5.41, 5.74) is 2.21. The molecule has 0 bridgehead atoms. The lowest BCUT2D eigenvalue weighted by Crippen LogP contribution is -2.32. The van der Waals surface area contributed by atoms with Crippen molar-refractivity contribution in [3.05, 3.63) is 64.7 Å². The Morgan fingerprint density at radius 3 is 2.50 bits per heavy atom. The summed E-state index contributed by atoms with van der Waals surface area (Å²) in [6.45, 7) is 3.29. The maximum absolute atomic E-state index is 12.9. The van der Waals surface area contributed by atoms with E-state index in [0.717, 1.165) is 5.56 Å². The highest BCUT2D eigenvalue weighted by Crippen LogP contribution is 2.42. The average Bonchev–Trinajstić information content (AvgIpc) is 3.02. The zero-order valence-corrected chi connectivity index (χ0v) is 16.9. The van der Waals surface area contributed by atoms with Crippen LogP contribution in [0.1, 0.15) is 22.7 Å². The molecule has 7 nitrogen and oxygen atoms in total. The third kappa shape index (κ3) is 3.52. The SMILES string of the molecule is COCCN1C(=O)C(=O)/C(=C(\O)c2ccc(C)cc2)C1c1ccc2c(c1)OCCO2. The van der Waals surface area contributed by atoms with Crippen LogP contribution in [0.3, 0.4) is 0 Å². The first-order valence-corrected chi connectivity index (χ1v) is 9.75. The molecule has 2 aliphatic heterocycles. The highest BCUT2D eigenvalue weighted by Gasteiger charge is 2.46. The zero-order chi connectivity index (χ0) is 21.3. The molecule has 1 atom stereocenters. The van der Waals surface area contributed by atoms with Gasteiger partial charge in [-0.25, -0.2) is 0 Å². The third-order valence-electron chi connectivity index (χ3n) is 5.28. The van der Waals surface area contributed by atoms with E-state index in [0.29, 0.717) is 35.8 Å². The molecular weight excluding hydrogens is 386 g/mol. The van der Waals surface area contributed by atoms with Crippen molar-refractivity contribution in [1.29, 1.82) is 0 Å². The van der Waals surface area contributed by atoms with Gasteiger partial charge in [-0.15, -0.1) is 0 Å². The zero-order valence-electron chi connectivity index (χ0n) is 16.9. The first-order chi connectivity index (χ1) is 14.5. The normalized spacial score (nSPS) is 19.9. The van der Waals surface area contributed by atoms with Crippen LogP contribution in [0.4, 0.5) is 0 Å². The number of rotatable bonds is 5. The predicted octanol–water partition coefficient (Wildman–Crippen LogP) is 2.83. The summed E-state index contributed by atoms with van der Waals surface area (Å²) in [6.07, 6.45) is 0. The Bertz CT molecular complexity index is 1010. The van der Waals surface area contributed by atoms with Gasteiger partial charge >= 0.3 is 0 Å². The maximum atomic E-state index is 12.9. The molecule has 156 valence electrons. The Morgan fingerprint density at radius 1 is 1.10 bits per heavy atom. The quantitative estimate of drug-likeness (QED) is 0.464. The number of benzene rings is 2. The van der Waals surface area contributed by atoms with Crippen molar-refractivity contribution in [2.45, 2.75) is 13.0 Å². The fourth-order valence-corrected chi connectivity index (χ4v) is 3.74. The standard InChI is InChI=1S/C23H23NO6/c1-14-3-5-15(6-4-14)21(25)19-20(24(9-10-28-2)23(27)22(19)26)16-7-8-17-18(13-16)30-12-11-29-17/h3-8,13,20,25H,9-12H2,1-2H3/b21-19-. The molecule has 1 saturated heterocycles. The Balaban J connectivity index is 1.84. The second kappa shape index (κ2) is 8.20. The molecule has 0 aromatic heterocycles. The Kier molecular flexibility index (Phi) is 5.46. The summed E-state index contributed by atoms with van der Waals surface area (Å²) in [5.74, 6) is -0.429. The number of aliphatic hydroxyl groups is 1. The molecule has 2 heterocycles. The van der Waals surface area contributed by atoms with Gasteiger partial charge in [-0.3, -0.25) is 9.59 Å². The van der Waals surface area contributed by atoms with E-state index in [9.17, 15) is 14.7 Å². The fraction of sp³-hybridized carbons (Fsp3) is 0.304. The first kappa shape index (κ1) is 20.0. The van der Waals surface area contributed by atoms with Crippen LogP contribution in [-0.4, -0.2) is 55.2 Å². The van der Waals surface area contributed by atoms with Crippen LogP contribution < -0.4 is 9.47 Å². The van der Waals surface area contributed by atoms with Gasteiger partial charge in [-0.1, -0.05) is 35.9 Å². The maximum Gasteiger partial charge on any atom is 0.295 e. The highest BCUT2D eigenvalue weighted by molar-refractivity contribution is 6.46. The third-order valence-corrected chi connectivity index (χ3v) is 5.28. The van der Waals surface area contributed by atoms with E-state index >= 15 is 0 Å². The summed E-state index contributed by atoms with van der Waals surface area (Å²) >= 11 is 0. The number of carbonyl (C=O) groups excluding carboxylic acids is 2. The minimum atomic E-state index is -0.753. The molecule has 4 rings (SSSR count). The van der Waals surface area contributed by atoms with Gasteiger partial charge in [0.2, 0.25) is 0 Å². The Labute approximate surface area is 174 Å². The molecule has 2 aromatic carbocycles. The second-order valence-corrected chi connectivity index (χ2v) is 7.25. The van der Waals surface area contributed by atoms with E-state index < -0.39 is 17.7 Å². The van der Waals surface area contributed by atoms with Crippen molar-refractivity contribution < 1.29 is 28.9 Å². The minimum Gasteiger partial charge on any atom is -0.507 e. The first-order valence-electron chi connectivity index (χ1n) is 9.75. The average molecular weight is 409 g/mol. The van der Waals surface area contributed by atoms with E-state index in [1.165, 1.54) is 12.0 Å². The summed E-state index contributed by atoms with van der Waals surface area (Å²) in [4.78, 5) is 27.2. The number of ether oxygens (including phenoxy) is 3. The Hall–Kier alpha value is -3.32. The molecule has 7 heteroatoms. The van der Waals surface area contributed by atoms with Gasteiger partial charge < -0.3 is 24.2 Å². The van der Waals surface area contributed by atoms with Gasteiger partial charge in [-0.05, 0) is 24.6 Å². The van der Waals surface area contributed by atoms with Crippen LogP contribution in [0.25, 0.3) is 5.76 Å². The minimum absolute atomic E-state index is 0.0524. The van der Waals surface area contributed by atoms with Crippen LogP contribution >= 0.6 is 0 Å². The van der Waals surface area contributed by atoms with Gasteiger partial charge in [0.15, 0.2) is 11.5 Å². The molecule has 30 heavy (non-hydrogen) atoms. The van der Waals surface area contributed by atoms with E-state index in [4.69, 9.17) is 14.2 Å². The van der Waals surface area contributed by atoms with Crippen LogP contribution in [-0.2, 0) is 14.3 Å². The number of methoxy groups -OCH3 is 1. The van der Waals surface area contributed by atoms with Gasteiger partial charge in [0.25, 0.3) is 11.7 Å². The lowest BCUT2D eigenvalue weighted by Gasteiger charge is -2.26. The number of aliphatic hydroxyl groups excluding tert-OH is 1. The van der Waals surface area contributed by atoms with E-state index in [1.54, 1.807) is 30.3 Å². The monoisotopic (exact) mass is 409 g/mol. The van der Waals surface area contributed by atoms with Crippen molar-refractivity contribution in [1.82, 2.24) is 4.90 Å². The van der Waals surface area contributed by atoms with Gasteiger partial charge in [0, 0.05) is 19.2 Å². The van der Waals surface area contributed by atoms with Gasteiger partial charge in [0.1, 0.15) is 19.0 Å². The summed E-state index contributed by atoms with van der Waals surface area (Å²) in [7, 11) is 1.53. The number of nitrogens with zero attached hydrogens (tertiary/aromatic N) is 1. The topological polar surface area (TPSA) is 85.3 Å². The van der Waals surface area contributed by atoms with Crippen LogP contribution in [0.15, 0.2) is 48.0 Å². The molecule has 1 fully saturated rings. The molecule has 0 radical (unpaired) electrons.